The number of benzene rings is 3. The first kappa shape index (κ1) is 26.4. The summed E-state index contributed by atoms with van der Waals surface area (Å²) in [6.07, 6.45) is 10.1. The Morgan fingerprint density at radius 2 is 1.56 bits per heavy atom. The van der Waals surface area contributed by atoms with Crippen molar-refractivity contribution in [2.75, 3.05) is 13.7 Å². The first-order valence-electron chi connectivity index (χ1n) is 10.3. The maximum atomic E-state index is 5.97. The van der Waals surface area contributed by atoms with Gasteiger partial charge >= 0.3 is 0 Å². The van der Waals surface area contributed by atoms with Crippen LogP contribution in [0.25, 0.3) is 5.70 Å². The van der Waals surface area contributed by atoms with Crippen LogP contribution in [0.2, 0.25) is 0 Å². The molecule has 0 saturated heterocycles. The summed E-state index contributed by atoms with van der Waals surface area (Å²) < 4.78 is 11.2. The number of hydrogen-bond acceptors (Lipinski definition) is 3. The summed E-state index contributed by atoms with van der Waals surface area (Å²) in [5.74, 6) is 2.29. The Labute approximate surface area is 194 Å². The van der Waals surface area contributed by atoms with Crippen molar-refractivity contribution in [3.05, 3.63) is 95.6 Å². The van der Waals surface area contributed by atoms with Crippen LogP contribution in [-0.4, -0.2) is 13.7 Å². The van der Waals surface area contributed by atoms with Gasteiger partial charge in [0.25, 0.3) is 0 Å². The molecule has 0 atom stereocenters. The predicted octanol–water partition coefficient (Wildman–Crippen LogP) is 7.18. The summed E-state index contributed by atoms with van der Waals surface area (Å²) in [5.41, 5.74) is 6.03. The Morgan fingerprint density at radius 1 is 0.906 bits per heavy atom. The van der Waals surface area contributed by atoms with E-state index in [1.807, 2.05) is 48.5 Å². The Morgan fingerprint density at radius 3 is 2.28 bits per heavy atom. The number of aryl methyl sites for hydroxylation is 3. The van der Waals surface area contributed by atoms with Crippen molar-refractivity contribution in [2.45, 2.75) is 34.1 Å². The lowest BCUT2D eigenvalue weighted by Crippen LogP contribution is -2.13. The zero-order valence-corrected chi connectivity index (χ0v) is 18.7. The zero-order chi connectivity index (χ0) is 22.6. The molecular weight excluding hydrogens is 394 g/mol. The smallest absolute Gasteiger partial charge is 0.131 e. The van der Waals surface area contributed by atoms with Crippen LogP contribution in [-0.2, 0) is 6.42 Å². The molecule has 3 aromatic rings. The fourth-order valence-corrected chi connectivity index (χ4v) is 3.24. The first-order valence-corrected chi connectivity index (χ1v) is 10.3. The first-order chi connectivity index (χ1) is 15.0. The van der Waals surface area contributed by atoms with E-state index in [9.17, 15) is 0 Å². The van der Waals surface area contributed by atoms with E-state index < -0.39 is 0 Å². The Balaban J connectivity index is 0.00000166. The van der Waals surface area contributed by atoms with Gasteiger partial charge in [0.05, 0.1) is 7.11 Å². The fourth-order valence-electron chi connectivity index (χ4n) is 3.24. The van der Waals surface area contributed by atoms with Crippen LogP contribution < -0.4 is 14.8 Å². The predicted molar refractivity (Wildman–Crippen MR) is 137 cm³/mol. The van der Waals surface area contributed by atoms with E-state index in [0.29, 0.717) is 0 Å². The van der Waals surface area contributed by atoms with Crippen LogP contribution in [0.3, 0.4) is 0 Å². The molecule has 0 bridgehead atoms. The van der Waals surface area contributed by atoms with E-state index in [-0.39, 0.29) is 7.43 Å². The van der Waals surface area contributed by atoms with Gasteiger partial charge in [0.1, 0.15) is 17.2 Å². The van der Waals surface area contributed by atoms with Crippen LogP contribution in [0.5, 0.6) is 17.2 Å². The molecule has 0 radical (unpaired) electrons. The van der Waals surface area contributed by atoms with Crippen molar-refractivity contribution < 1.29 is 9.47 Å². The Hall–Kier alpha value is -3.64. The molecule has 1 N–H and O–H groups in total. The van der Waals surface area contributed by atoms with Crippen molar-refractivity contribution in [3.8, 4) is 30.1 Å². The van der Waals surface area contributed by atoms with Crippen molar-refractivity contribution >= 4 is 5.70 Å². The quantitative estimate of drug-likeness (QED) is 0.289. The summed E-state index contributed by atoms with van der Waals surface area (Å²) in [6, 6.07) is 22.2. The van der Waals surface area contributed by atoms with E-state index in [2.05, 4.69) is 56.8 Å². The fraction of sp³-hybridized carbons (Fsp3) is 0.241. The number of methoxy groups -OCH3 is 1. The molecule has 0 heterocycles. The van der Waals surface area contributed by atoms with E-state index >= 15 is 0 Å². The molecule has 168 valence electrons. The minimum atomic E-state index is 0. The molecule has 0 unspecified atom stereocenters. The van der Waals surface area contributed by atoms with Gasteiger partial charge in [-0.2, -0.15) is 0 Å². The standard InChI is InChI=1S/C26H29NO2.C2H2.CH4/c1-19-13-14-20(2)22(16-19)9-7-15-27-21(3)23-8-5-11-25(17-23)29-26-12-6-10-24(18-26)28-4;1-2;/h5-6,8,10-14,16-18,27H,3,7,9,15H2,1-2,4H3;1-2H;1H4. The molecule has 0 aliphatic carbocycles. The van der Waals surface area contributed by atoms with Crippen molar-refractivity contribution in [1.82, 2.24) is 5.32 Å². The van der Waals surface area contributed by atoms with Crippen LogP contribution >= 0.6 is 0 Å². The monoisotopic (exact) mass is 429 g/mol. The van der Waals surface area contributed by atoms with Crippen molar-refractivity contribution in [1.29, 1.82) is 0 Å². The number of hydrogen-bond donors (Lipinski definition) is 1. The van der Waals surface area contributed by atoms with Crippen LogP contribution in [0.4, 0.5) is 0 Å². The highest BCUT2D eigenvalue weighted by Gasteiger charge is 2.04. The maximum absolute atomic E-state index is 5.97. The summed E-state index contributed by atoms with van der Waals surface area (Å²) in [4.78, 5) is 0. The molecule has 0 saturated carbocycles. The van der Waals surface area contributed by atoms with E-state index in [1.54, 1.807) is 7.11 Å². The molecule has 3 nitrogen and oxygen atoms in total. The summed E-state index contributed by atoms with van der Waals surface area (Å²) in [6.45, 7) is 9.39. The average Bonchev–Trinajstić information content (AvgIpc) is 2.80. The number of ether oxygens (including phenoxy) is 2. The van der Waals surface area contributed by atoms with Gasteiger partial charge < -0.3 is 14.8 Å². The normalized spacial score (nSPS) is 9.53. The lowest BCUT2D eigenvalue weighted by molar-refractivity contribution is 0.409. The summed E-state index contributed by atoms with van der Waals surface area (Å²) >= 11 is 0. The van der Waals surface area contributed by atoms with E-state index in [4.69, 9.17) is 9.47 Å². The molecule has 0 aliphatic rings. The second-order valence-electron chi connectivity index (χ2n) is 7.25. The molecule has 0 fully saturated rings. The summed E-state index contributed by atoms with van der Waals surface area (Å²) in [5, 5.41) is 3.44. The van der Waals surface area contributed by atoms with Crippen molar-refractivity contribution in [2.24, 2.45) is 0 Å². The molecule has 3 rings (SSSR count). The van der Waals surface area contributed by atoms with Crippen LogP contribution in [0, 0.1) is 26.7 Å². The topological polar surface area (TPSA) is 30.5 Å². The second kappa shape index (κ2) is 13.6. The van der Waals surface area contributed by atoms with Gasteiger partial charge in [0.15, 0.2) is 0 Å². The number of nitrogens with one attached hydrogen (secondary N) is 1. The van der Waals surface area contributed by atoms with Crippen molar-refractivity contribution in [3.63, 3.8) is 0 Å². The average molecular weight is 430 g/mol. The SMILES string of the molecule is C.C#C.C=C(NCCCc1cc(C)ccc1C)c1cccc(Oc2cccc(OC)c2)c1. The Bertz CT molecular complexity index is 1020. The van der Waals surface area contributed by atoms with Gasteiger partial charge in [-0.1, -0.05) is 56.0 Å². The highest BCUT2D eigenvalue weighted by atomic mass is 16.5. The third kappa shape index (κ3) is 7.89. The van der Waals surface area contributed by atoms with E-state index in [1.165, 1.54) is 16.7 Å². The molecule has 3 heteroatoms. The molecule has 0 spiro atoms. The lowest BCUT2D eigenvalue weighted by Gasteiger charge is -2.13. The van der Waals surface area contributed by atoms with Gasteiger partial charge in [-0.05, 0) is 62.1 Å². The maximum Gasteiger partial charge on any atom is 0.131 e. The highest BCUT2D eigenvalue weighted by molar-refractivity contribution is 5.63. The zero-order valence-electron chi connectivity index (χ0n) is 18.7. The van der Waals surface area contributed by atoms with Gasteiger partial charge in [0.2, 0.25) is 0 Å². The molecular formula is C29H35NO2. The van der Waals surface area contributed by atoms with Gasteiger partial charge in [-0.3, -0.25) is 0 Å². The molecule has 0 aliphatic heterocycles. The molecule has 3 aromatic carbocycles. The van der Waals surface area contributed by atoms with E-state index in [0.717, 1.165) is 47.9 Å². The second-order valence-corrected chi connectivity index (χ2v) is 7.25. The lowest BCUT2D eigenvalue weighted by atomic mass is 10.0. The minimum Gasteiger partial charge on any atom is -0.497 e. The van der Waals surface area contributed by atoms with Gasteiger partial charge in [-0.15, -0.1) is 12.8 Å². The largest absolute Gasteiger partial charge is 0.497 e. The van der Waals surface area contributed by atoms with Crippen LogP contribution in [0.1, 0.15) is 36.1 Å². The molecule has 32 heavy (non-hydrogen) atoms. The third-order valence-electron chi connectivity index (χ3n) is 4.93. The molecule has 0 amide bonds. The Kier molecular flexibility index (Phi) is 11.2. The molecule has 0 aromatic heterocycles. The van der Waals surface area contributed by atoms with Crippen LogP contribution in [0.15, 0.2) is 73.3 Å². The third-order valence-corrected chi connectivity index (χ3v) is 4.93. The van der Waals surface area contributed by atoms with Gasteiger partial charge in [-0.25, -0.2) is 0 Å². The minimum absolute atomic E-state index is 0. The number of terminal acetylenes is 1. The number of rotatable bonds is 9. The van der Waals surface area contributed by atoms with Gasteiger partial charge in [0, 0.05) is 23.9 Å². The highest BCUT2D eigenvalue weighted by Crippen LogP contribution is 2.26. The summed E-state index contributed by atoms with van der Waals surface area (Å²) in [7, 11) is 1.65.